The van der Waals surface area contributed by atoms with Crippen LogP contribution in [0.4, 0.5) is 15.5 Å². The van der Waals surface area contributed by atoms with Gasteiger partial charge < -0.3 is 23.8 Å². The number of halogens is 1. The van der Waals surface area contributed by atoms with E-state index >= 15 is 4.11 Å². The van der Waals surface area contributed by atoms with Gasteiger partial charge in [-0.3, -0.25) is 14.4 Å². The number of aliphatic hydroxyl groups excluding tert-OH is 1. The third-order valence-corrected chi connectivity index (χ3v) is 13.2. The molecule has 0 aromatic heterocycles. The van der Waals surface area contributed by atoms with E-state index in [-0.39, 0.29) is 43.3 Å². The molecule has 4 heterocycles. The van der Waals surface area contributed by atoms with E-state index in [0.717, 1.165) is 29.7 Å². The quantitative estimate of drug-likeness (QED) is 0.235. The average molecular weight is 683 g/mol. The Labute approximate surface area is 287 Å². The second kappa shape index (κ2) is 12.9. The van der Waals surface area contributed by atoms with Gasteiger partial charge in [0.15, 0.2) is 5.60 Å². The van der Waals surface area contributed by atoms with Crippen molar-refractivity contribution in [3.05, 3.63) is 95.6 Å². The van der Waals surface area contributed by atoms with Gasteiger partial charge >= 0.3 is 0 Å². The van der Waals surface area contributed by atoms with Crippen molar-refractivity contribution in [2.24, 2.45) is 11.0 Å². The third kappa shape index (κ3) is 5.81. The number of benzene rings is 3. The Balaban J connectivity index is 1.19. The summed E-state index contributed by atoms with van der Waals surface area (Å²) in [7, 11) is -3.45. The maximum Gasteiger partial charge on any atom is 0.264 e. The summed E-state index contributed by atoms with van der Waals surface area (Å²) >= 11 is 0. The van der Waals surface area contributed by atoms with Gasteiger partial charge in [-0.2, -0.15) is 5.10 Å². The number of rotatable bonds is 8. The fourth-order valence-corrected chi connectivity index (χ4v) is 11.1. The minimum absolute atomic E-state index is 0.0412. The zero-order valence-electron chi connectivity index (χ0n) is 28.2. The number of amides is 3. The summed E-state index contributed by atoms with van der Waals surface area (Å²) in [5, 5.41) is 16.0. The van der Waals surface area contributed by atoms with Crippen molar-refractivity contribution in [2.45, 2.75) is 82.0 Å². The summed E-state index contributed by atoms with van der Waals surface area (Å²) in [6.07, 6.45) is 1.62. The van der Waals surface area contributed by atoms with Crippen LogP contribution >= 0.6 is 0 Å². The van der Waals surface area contributed by atoms with Crippen LogP contribution < -0.4 is 9.91 Å². The Morgan fingerprint density at radius 1 is 1.04 bits per heavy atom. The highest BCUT2D eigenvalue weighted by atomic mass is 28.4. The maximum absolute atomic E-state index is 16.3. The Hall–Kier alpha value is -4.19. The predicted molar refractivity (Wildman–Crippen MR) is 188 cm³/mol. The normalized spacial score (nSPS) is 26.9. The maximum atomic E-state index is 16.3. The van der Waals surface area contributed by atoms with Gasteiger partial charge in [0.2, 0.25) is 20.2 Å². The van der Waals surface area contributed by atoms with Crippen LogP contribution in [0.1, 0.15) is 55.7 Å². The predicted octanol–water partition coefficient (Wildman–Crippen LogP) is 5.91. The molecule has 1 spiro atoms. The van der Waals surface area contributed by atoms with Gasteiger partial charge in [-0.25, -0.2) is 5.01 Å². The topological polar surface area (TPSA) is 103 Å². The molecule has 9 nitrogen and oxygen atoms in total. The summed E-state index contributed by atoms with van der Waals surface area (Å²) < 4.78 is 23.0. The number of aliphatic hydroxyl groups is 1. The van der Waals surface area contributed by atoms with Crippen LogP contribution in [0.25, 0.3) is 0 Å². The molecule has 2 saturated heterocycles. The molecule has 3 aromatic carbocycles. The third-order valence-electron chi connectivity index (χ3n) is 10.8. The summed E-state index contributed by atoms with van der Waals surface area (Å²) in [5.74, 6) is -1.08. The van der Waals surface area contributed by atoms with Crippen molar-refractivity contribution in [1.82, 2.24) is 4.90 Å². The highest BCUT2D eigenvalue weighted by Gasteiger charge is 2.67. The number of likely N-dealkylation sites (tertiary alicyclic amines) is 1. The largest absolute Gasteiger partial charge is 0.394 e. The molecule has 3 aromatic rings. The molecule has 3 amide bonds. The van der Waals surface area contributed by atoms with Gasteiger partial charge in [0.1, 0.15) is 0 Å². The number of anilines is 2. The molecule has 0 unspecified atom stereocenters. The molecule has 4 aliphatic rings. The molecule has 49 heavy (non-hydrogen) atoms. The van der Waals surface area contributed by atoms with Gasteiger partial charge in [0.05, 0.1) is 48.8 Å². The van der Waals surface area contributed by atoms with E-state index in [2.05, 4.69) is 0 Å². The van der Waals surface area contributed by atoms with Gasteiger partial charge in [0, 0.05) is 36.4 Å². The first kappa shape index (κ1) is 33.3. The zero-order valence-corrected chi connectivity index (χ0v) is 29.2. The summed E-state index contributed by atoms with van der Waals surface area (Å²) in [4.78, 5) is 44.8. The van der Waals surface area contributed by atoms with E-state index in [1.807, 2.05) is 85.8 Å². The molecule has 11 heteroatoms. The highest BCUT2D eigenvalue weighted by molar-refractivity contribution is 6.72. The smallest absolute Gasteiger partial charge is 0.264 e. The minimum Gasteiger partial charge on any atom is -0.394 e. The Morgan fingerprint density at radius 2 is 1.80 bits per heavy atom. The van der Waals surface area contributed by atoms with Crippen molar-refractivity contribution in [1.29, 1.82) is 0 Å². The van der Waals surface area contributed by atoms with E-state index in [0.29, 0.717) is 36.3 Å². The SMILES string of the molecule is C[C@@H]1[C@@H]([Si](C)(C)F)[C@H](CC(=O)N2CCC[C@H]2CO)O[C@@]12C(=O)N(Cc1cccc(N3N=C(c4ccccc4)CCC3=O)c1)c1ccccc12. The summed E-state index contributed by atoms with van der Waals surface area (Å²) in [6, 6.07) is 24.5. The Kier molecular flexibility index (Phi) is 8.79. The van der Waals surface area contributed by atoms with Crippen LogP contribution in [0.5, 0.6) is 0 Å². The molecule has 0 saturated carbocycles. The van der Waals surface area contributed by atoms with Crippen LogP contribution in [0.2, 0.25) is 18.6 Å². The lowest BCUT2D eigenvalue weighted by atomic mass is 9.82. The fraction of sp³-hybridized carbons (Fsp3) is 0.421. The van der Waals surface area contributed by atoms with Gasteiger partial charge in [-0.15, -0.1) is 0 Å². The number of para-hydroxylation sites is 1. The minimum atomic E-state index is -3.45. The number of hydrazone groups is 1. The number of hydrogen-bond donors (Lipinski definition) is 1. The van der Waals surface area contributed by atoms with E-state index < -0.39 is 31.6 Å². The van der Waals surface area contributed by atoms with Gasteiger partial charge in [-0.05, 0) is 55.3 Å². The zero-order chi connectivity index (χ0) is 34.5. The second-order valence-electron chi connectivity index (χ2n) is 14.2. The molecule has 7 rings (SSSR count). The van der Waals surface area contributed by atoms with Crippen LogP contribution in [-0.2, 0) is 31.3 Å². The number of nitrogens with zero attached hydrogens (tertiary/aromatic N) is 4. The Morgan fingerprint density at radius 3 is 2.55 bits per heavy atom. The number of fused-ring (bicyclic) bond motifs is 2. The van der Waals surface area contributed by atoms with Gasteiger partial charge in [-0.1, -0.05) is 67.6 Å². The van der Waals surface area contributed by atoms with Crippen LogP contribution in [0, 0.1) is 5.92 Å². The average Bonchev–Trinajstić information content (AvgIpc) is 3.76. The first-order chi connectivity index (χ1) is 23.5. The fourth-order valence-electron chi connectivity index (χ4n) is 8.56. The van der Waals surface area contributed by atoms with Crippen LogP contribution in [-0.4, -0.2) is 67.1 Å². The number of carbonyl (C=O) groups is 3. The van der Waals surface area contributed by atoms with E-state index in [1.54, 1.807) is 22.9 Å². The molecular formula is C38H43FN4O5Si. The Bertz CT molecular complexity index is 1800. The summed E-state index contributed by atoms with van der Waals surface area (Å²) in [6.45, 7) is 5.79. The van der Waals surface area contributed by atoms with Crippen molar-refractivity contribution in [3.8, 4) is 0 Å². The molecule has 0 bridgehead atoms. The van der Waals surface area contributed by atoms with Crippen LogP contribution in [0.15, 0.2) is 84.0 Å². The molecule has 0 aliphatic carbocycles. The lowest BCUT2D eigenvalue weighted by Crippen LogP contribution is -2.45. The molecule has 5 atom stereocenters. The highest BCUT2D eigenvalue weighted by Crippen LogP contribution is 2.60. The molecule has 1 N–H and O–H groups in total. The van der Waals surface area contributed by atoms with E-state index in [4.69, 9.17) is 9.84 Å². The number of carbonyl (C=O) groups excluding carboxylic acids is 3. The van der Waals surface area contributed by atoms with E-state index in [1.165, 1.54) is 5.01 Å². The molecular weight excluding hydrogens is 640 g/mol. The van der Waals surface area contributed by atoms with E-state index in [9.17, 15) is 19.5 Å². The lowest BCUT2D eigenvalue weighted by Gasteiger charge is -2.31. The van der Waals surface area contributed by atoms with Crippen molar-refractivity contribution < 1.29 is 28.3 Å². The van der Waals surface area contributed by atoms with Crippen LogP contribution in [0.3, 0.4) is 0 Å². The lowest BCUT2D eigenvalue weighted by molar-refractivity contribution is -0.150. The molecule has 256 valence electrons. The van der Waals surface area contributed by atoms with Crippen molar-refractivity contribution >= 4 is 43.2 Å². The molecule has 0 radical (unpaired) electrons. The molecule has 2 fully saturated rings. The standard InChI is InChI=1S/C38H43FN4O5Si/c1-25-36(49(2,3)39)33(22-35(46)41-20-10-15-29(41)24-44)48-38(25)30-16-7-8-17-32(30)42(37(38)47)23-26-11-9-14-28(21-26)43-34(45)19-18-31(40-43)27-12-5-4-6-13-27/h4-9,11-14,16-17,21,25,29,33,36,44H,10,15,18-20,22-24H2,1-3H3/t25-,29+,33+,36-,38+/m1/s1. The monoisotopic (exact) mass is 682 g/mol. The first-order valence-corrected chi connectivity index (χ1v) is 20.2. The number of ether oxygens (including phenoxy) is 1. The second-order valence-corrected chi connectivity index (χ2v) is 18.0. The molecule has 4 aliphatic heterocycles. The number of hydrogen-bond acceptors (Lipinski definition) is 6. The summed E-state index contributed by atoms with van der Waals surface area (Å²) in [5.41, 5.74) is 2.54. The van der Waals surface area contributed by atoms with Crippen molar-refractivity contribution in [2.75, 3.05) is 23.1 Å². The van der Waals surface area contributed by atoms with Gasteiger partial charge in [0.25, 0.3) is 5.91 Å². The van der Waals surface area contributed by atoms with Crippen molar-refractivity contribution in [3.63, 3.8) is 0 Å². The first-order valence-electron chi connectivity index (χ1n) is 17.3.